The minimum atomic E-state index is -1.10. The largest absolute Gasteiger partial charge is 0.480 e. The van der Waals surface area contributed by atoms with Gasteiger partial charge in [-0.1, -0.05) is 24.5 Å². The third kappa shape index (κ3) is 2.81. The molecule has 0 saturated heterocycles. The normalized spacial score (nSPS) is 17.2. The van der Waals surface area contributed by atoms with E-state index in [2.05, 4.69) is 21.2 Å². The molecule has 1 aliphatic carbocycles. The van der Waals surface area contributed by atoms with Crippen molar-refractivity contribution >= 4 is 27.8 Å². The first-order chi connectivity index (χ1) is 8.94. The second kappa shape index (κ2) is 5.33. The molecule has 1 aromatic rings. The number of carbonyl (C=O) groups is 2. The molecule has 2 rings (SSSR count). The highest BCUT2D eigenvalue weighted by Crippen LogP contribution is 2.30. The monoisotopic (exact) mass is 325 g/mol. The Morgan fingerprint density at radius 2 is 1.95 bits per heavy atom. The molecule has 0 atom stereocenters. The maximum absolute atomic E-state index is 12.3. The van der Waals surface area contributed by atoms with Gasteiger partial charge in [-0.2, -0.15) is 0 Å². The van der Waals surface area contributed by atoms with Crippen LogP contribution in [0.3, 0.4) is 0 Å². The van der Waals surface area contributed by atoms with Gasteiger partial charge >= 0.3 is 5.97 Å². The average molecular weight is 326 g/mol. The molecular formula is C14H16BrNO3. The minimum absolute atomic E-state index is 0.333. The molecule has 19 heavy (non-hydrogen) atoms. The number of hydrogen-bond donors (Lipinski definition) is 2. The number of carbonyl (C=O) groups excluding carboxylic acids is 1. The summed E-state index contributed by atoms with van der Waals surface area (Å²) in [7, 11) is 0. The van der Waals surface area contributed by atoms with Crippen molar-refractivity contribution in [2.75, 3.05) is 0 Å². The third-order valence-corrected chi connectivity index (χ3v) is 4.28. The molecule has 1 fully saturated rings. The number of nitrogens with one attached hydrogen (secondary N) is 1. The van der Waals surface area contributed by atoms with E-state index in [1.54, 1.807) is 12.1 Å². The molecule has 1 aromatic carbocycles. The molecule has 1 saturated carbocycles. The number of hydrogen-bond acceptors (Lipinski definition) is 2. The van der Waals surface area contributed by atoms with Gasteiger partial charge in [0.15, 0.2) is 0 Å². The molecule has 1 aliphatic rings. The van der Waals surface area contributed by atoms with Crippen molar-refractivity contribution in [3.05, 3.63) is 33.8 Å². The zero-order valence-corrected chi connectivity index (χ0v) is 12.3. The molecule has 0 heterocycles. The minimum Gasteiger partial charge on any atom is -0.480 e. The van der Waals surface area contributed by atoms with Gasteiger partial charge in [-0.05, 0) is 47.8 Å². The van der Waals surface area contributed by atoms with Crippen molar-refractivity contribution in [1.82, 2.24) is 5.32 Å². The summed E-state index contributed by atoms with van der Waals surface area (Å²) in [5, 5.41) is 12.1. The van der Waals surface area contributed by atoms with Crippen molar-refractivity contribution in [3.63, 3.8) is 0 Å². The molecule has 0 unspecified atom stereocenters. The molecule has 0 bridgehead atoms. The van der Waals surface area contributed by atoms with Crippen LogP contribution in [0.1, 0.15) is 41.6 Å². The quantitative estimate of drug-likeness (QED) is 0.897. The van der Waals surface area contributed by atoms with Gasteiger partial charge in [0, 0.05) is 4.47 Å². The van der Waals surface area contributed by atoms with Crippen molar-refractivity contribution in [3.8, 4) is 0 Å². The van der Waals surface area contributed by atoms with E-state index in [0.29, 0.717) is 22.9 Å². The van der Waals surface area contributed by atoms with Gasteiger partial charge in [-0.3, -0.25) is 4.79 Å². The maximum Gasteiger partial charge on any atom is 0.329 e. The van der Waals surface area contributed by atoms with Gasteiger partial charge in [-0.25, -0.2) is 4.79 Å². The van der Waals surface area contributed by atoms with E-state index >= 15 is 0 Å². The lowest BCUT2D eigenvalue weighted by Crippen LogP contribution is -2.52. The molecule has 0 radical (unpaired) electrons. The van der Waals surface area contributed by atoms with Gasteiger partial charge < -0.3 is 10.4 Å². The van der Waals surface area contributed by atoms with Crippen LogP contribution < -0.4 is 5.32 Å². The number of carboxylic acids is 1. The summed E-state index contributed by atoms with van der Waals surface area (Å²) in [5.74, 6) is -1.28. The maximum atomic E-state index is 12.3. The van der Waals surface area contributed by atoms with E-state index in [-0.39, 0.29) is 5.91 Å². The highest BCUT2D eigenvalue weighted by Gasteiger charge is 2.42. The number of carboxylic acid groups (broad SMARTS) is 1. The molecule has 2 N–H and O–H groups in total. The lowest BCUT2D eigenvalue weighted by molar-refractivity contribution is -0.144. The average Bonchev–Trinajstić information content (AvgIpc) is 2.82. The summed E-state index contributed by atoms with van der Waals surface area (Å²) in [4.78, 5) is 23.7. The van der Waals surface area contributed by atoms with Gasteiger partial charge in [-0.15, -0.1) is 0 Å². The Hall–Kier alpha value is -1.36. The van der Waals surface area contributed by atoms with Crippen LogP contribution in [0.2, 0.25) is 0 Å². The van der Waals surface area contributed by atoms with E-state index in [9.17, 15) is 14.7 Å². The molecular weight excluding hydrogens is 310 g/mol. The lowest BCUT2D eigenvalue weighted by Gasteiger charge is -2.25. The zero-order valence-electron chi connectivity index (χ0n) is 10.7. The van der Waals surface area contributed by atoms with Crippen LogP contribution in [0.25, 0.3) is 0 Å². The second-order valence-corrected chi connectivity index (χ2v) is 5.89. The van der Waals surface area contributed by atoms with Crippen LogP contribution in [0, 0.1) is 6.92 Å². The standard InChI is InChI=1S/C14H16BrNO3/c1-9-4-5-11(15)10(8-9)12(17)16-14(13(18)19)6-2-3-7-14/h4-5,8H,2-3,6-7H2,1H3,(H,16,17)(H,18,19). The summed E-state index contributed by atoms with van der Waals surface area (Å²) < 4.78 is 0.675. The van der Waals surface area contributed by atoms with E-state index in [1.807, 2.05) is 13.0 Å². The zero-order chi connectivity index (χ0) is 14.0. The number of halogens is 1. The Balaban J connectivity index is 2.25. The predicted octanol–water partition coefficient (Wildman–Crippen LogP) is 2.88. The molecule has 0 aliphatic heterocycles. The van der Waals surface area contributed by atoms with Crippen LogP contribution in [0.4, 0.5) is 0 Å². The number of amides is 1. The summed E-state index contributed by atoms with van der Waals surface area (Å²) in [6, 6.07) is 5.44. The van der Waals surface area contributed by atoms with Gasteiger partial charge in [0.2, 0.25) is 0 Å². The Bertz CT molecular complexity index is 521. The third-order valence-electron chi connectivity index (χ3n) is 3.59. The van der Waals surface area contributed by atoms with Crippen molar-refractivity contribution in [2.24, 2.45) is 0 Å². The predicted molar refractivity (Wildman–Crippen MR) is 75.2 cm³/mol. The first kappa shape index (κ1) is 14.1. The highest BCUT2D eigenvalue weighted by atomic mass is 79.9. The number of benzene rings is 1. The van der Waals surface area contributed by atoms with Crippen molar-refractivity contribution in [1.29, 1.82) is 0 Å². The van der Waals surface area contributed by atoms with Gasteiger partial charge in [0.25, 0.3) is 5.91 Å². The highest BCUT2D eigenvalue weighted by molar-refractivity contribution is 9.10. The molecule has 1 amide bonds. The summed E-state index contributed by atoms with van der Waals surface area (Å²) in [5.41, 5.74) is 0.344. The smallest absolute Gasteiger partial charge is 0.329 e. The van der Waals surface area contributed by atoms with Crippen LogP contribution in [0.5, 0.6) is 0 Å². The lowest BCUT2D eigenvalue weighted by atomic mass is 9.97. The summed E-state index contributed by atoms with van der Waals surface area (Å²) in [6.07, 6.45) is 2.66. The van der Waals surface area contributed by atoms with Crippen molar-refractivity contribution < 1.29 is 14.7 Å². The fraction of sp³-hybridized carbons (Fsp3) is 0.429. The van der Waals surface area contributed by atoms with Gasteiger partial charge in [0.1, 0.15) is 5.54 Å². The Morgan fingerprint density at radius 3 is 2.53 bits per heavy atom. The fourth-order valence-corrected chi connectivity index (χ4v) is 2.90. The first-order valence-corrected chi connectivity index (χ1v) is 7.06. The Kier molecular flexibility index (Phi) is 3.94. The summed E-state index contributed by atoms with van der Waals surface area (Å²) in [6.45, 7) is 1.89. The van der Waals surface area contributed by atoms with Crippen LogP contribution in [-0.4, -0.2) is 22.5 Å². The topological polar surface area (TPSA) is 66.4 Å². The van der Waals surface area contributed by atoms with Crippen LogP contribution in [-0.2, 0) is 4.79 Å². The Morgan fingerprint density at radius 1 is 1.32 bits per heavy atom. The fourth-order valence-electron chi connectivity index (χ4n) is 2.47. The molecule has 5 heteroatoms. The van der Waals surface area contributed by atoms with Crippen LogP contribution in [0.15, 0.2) is 22.7 Å². The van der Waals surface area contributed by atoms with Gasteiger partial charge in [0.05, 0.1) is 5.56 Å². The van der Waals surface area contributed by atoms with E-state index in [4.69, 9.17) is 0 Å². The number of aryl methyl sites for hydroxylation is 1. The number of rotatable bonds is 3. The number of aliphatic carboxylic acids is 1. The second-order valence-electron chi connectivity index (χ2n) is 5.03. The first-order valence-electron chi connectivity index (χ1n) is 6.27. The van der Waals surface area contributed by atoms with Crippen LogP contribution >= 0.6 is 15.9 Å². The van der Waals surface area contributed by atoms with E-state index in [1.165, 1.54) is 0 Å². The molecule has 0 spiro atoms. The molecule has 102 valence electrons. The van der Waals surface area contributed by atoms with E-state index < -0.39 is 11.5 Å². The molecule has 4 nitrogen and oxygen atoms in total. The summed E-state index contributed by atoms with van der Waals surface area (Å²) >= 11 is 3.33. The Labute approximate surface area is 120 Å². The van der Waals surface area contributed by atoms with Crippen molar-refractivity contribution in [2.45, 2.75) is 38.1 Å². The van der Waals surface area contributed by atoms with E-state index in [0.717, 1.165) is 18.4 Å². The SMILES string of the molecule is Cc1ccc(Br)c(C(=O)NC2(C(=O)O)CCCC2)c1. The molecule has 0 aromatic heterocycles.